The Morgan fingerprint density at radius 3 is 2.10 bits per heavy atom. The first-order valence-electron chi connectivity index (χ1n) is 10.2. The molecule has 2 N–H and O–H groups in total. The fraction of sp³-hybridized carbons (Fsp3) is 0.231. The van der Waals surface area contributed by atoms with E-state index >= 15 is 0 Å². The third-order valence-electron chi connectivity index (χ3n) is 5.18. The molecule has 154 valence electrons. The zero-order valence-electron chi connectivity index (χ0n) is 17.5. The van der Waals surface area contributed by atoms with E-state index in [2.05, 4.69) is 42.7 Å². The number of carbonyl (C=O) groups excluding carboxylic acids is 2. The van der Waals surface area contributed by atoms with E-state index in [1.165, 1.54) is 11.1 Å². The molecule has 0 saturated heterocycles. The molecule has 0 spiro atoms. The molecule has 4 nitrogen and oxygen atoms in total. The largest absolute Gasteiger partial charge is 0.355 e. The maximum absolute atomic E-state index is 12.6. The predicted molar refractivity (Wildman–Crippen MR) is 120 cm³/mol. The van der Waals surface area contributed by atoms with Crippen LogP contribution in [0.1, 0.15) is 40.3 Å². The Bertz CT molecular complexity index is 984. The number of hydrogen-bond donors (Lipinski definition) is 2. The van der Waals surface area contributed by atoms with Crippen LogP contribution in [0.2, 0.25) is 0 Å². The molecule has 0 fully saturated rings. The van der Waals surface area contributed by atoms with Gasteiger partial charge < -0.3 is 10.6 Å². The van der Waals surface area contributed by atoms with Crippen molar-refractivity contribution in [3.63, 3.8) is 0 Å². The maximum atomic E-state index is 12.6. The van der Waals surface area contributed by atoms with E-state index in [1.54, 1.807) is 0 Å². The SMILES string of the molecule is Cc1ccc([C@@H](NC(=O)CCNC(=O)Cc2ccccc2)c2ccccc2)cc1C. The molecule has 0 saturated carbocycles. The van der Waals surface area contributed by atoms with Gasteiger partial charge in [-0.25, -0.2) is 0 Å². The van der Waals surface area contributed by atoms with Gasteiger partial charge in [0.05, 0.1) is 12.5 Å². The van der Waals surface area contributed by atoms with Gasteiger partial charge in [0.1, 0.15) is 0 Å². The zero-order valence-corrected chi connectivity index (χ0v) is 17.5. The minimum absolute atomic E-state index is 0.0808. The van der Waals surface area contributed by atoms with Crippen LogP contribution in [0.25, 0.3) is 0 Å². The van der Waals surface area contributed by atoms with Gasteiger partial charge in [-0.15, -0.1) is 0 Å². The summed E-state index contributed by atoms with van der Waals surface area (Å²) in [6, 6.07) is 25.5. The Balaban J connectivity index is 1.59. The van der Waals surface area contributed by atoms with E-state index in [1.807, 2.05) is 60.7 Å². The molecule has 0 aliphatic rings. The van der Waals surface area contributed by atoms with Crippen LogP contribution in [-0.4, -0.2) is 18.4 Å². The minimum Gasteiger partial charge on any atom is -0.355 e. The van der Waals surface area contributed by atoms with E-state index in [0.717, 1.165) is 16.7 Å². The predicted octanol–water partition coefficient (Wildman–Crippen LogP) is 4.26. The lowest BCUT2D eigenvalue weighted by Crippen LogP contribution is -2.33. The van der Waals surface area contributed by atoms with Crippen LogP contribution < -0.4 is 10.6 Å². The fourth-order valence-electron chi connectivity index (χ4n) is 3.34. The van der Waals surface area contributed by atoms with Crippen LogP contribution in [0.5, 0.6) is 0 Å². The molecule has 0 unspecified atom stereocenters. The van der Waals surface area contributed by atoms with Gasteiger partial charge in [0.2, 0.25) is 11.8 Å². The summed E-state index contributed by atoms with van der Waals surface area (Å²) in [7, 11) is 0. The highest BCUT2D eigenvalue weighted by Gasteiger charge is 2.17. The summed E-state index contributed by atoms with van der Waals surface area (Å²) in [5, 5.41) is 5.96. The molecular formula is C26H28N2O2. The van der Waals surface area contributed by atoms with E-state index < -0.39 is 0 Å². The van der Waals surface area contributed by atoms with Gasteiger partial charge in [-0.2, -0.15) is 0 Å². The molecule has 30 heavy (non-hydrogen) atoms. The van der Waals surface area contributed by atoms with E-state index in [9.17, 15) is 9.59 Å². The molecule has 0 aromatic heterocycles. The second-order valence-electron chi connectivity index (χ2n) is 7.52. The van der Waals surface area contributed by atoms with Crippen molar-refractivity contribution < 1.29 is 9.59 Å². The molecule has 1 atom stereocenters. The second-order valence-corrected chi connectivity index (χ2v) is 7.52. The molecule has 4 heteroatoms. The molecule has 0 aliphatic carbocycles. The van der Waals surface area contributed by atoms with Gasteiger partial charge in [-0.3, -0.25) is 9.59 Å². The summed E-state index contributed by atoms with van der Waals surface area (Å²) in [5.74, 6) is -0.176. The van der Waals surface area contributed by atoms with Crippen LogP contribution in [0, 0.1) is 13.8 Å². The van der Waals surface area contributed by atoms with E-state index in [0.29, 0.717) is 13.0 Å². The molecule has 0 aliphatic heterocycles. The lowest BCUT2D eigenvalue weighted by molar-refractivity contribution is -0.122. The first kappa shape index (κ1) is 21.3. The highest BCUT2D eigenvalue weighted by atomic mass is 16.2. The first-order valence-corrected chi connectivity index (χ1v) is 10.2. The summed E-state index contributed by atoms with van der Waals surface area (Å²) in [6.45, 7) is 4.46. The lowest BCUT2D eigenvalue weighted by atomic mass is 9.95. The van der Waals surface area contributed by atoms with Crippen molar-refractivity contribution in [3.8, 4) is 0 Å². The summed E-state index contributed by atoms with van der Waals surface area (Å²) < 4.78 is 0. The van der Waals surface area contributed by atoms with Crippen LogP contribution in [-0.2, 0) is 16.0 Å². The van der Waals surface area contributed by atoms with Crippen molar-refractivity contribution in [2.24, 2.45) is 0 Å². The molecule has 3 aromatic rings. The smallest absolute Gasteiger partial charge is 0.224 e. The monoisotopic (exact) mass is 400 g/mol. The number of carbonyl (C=O) groups is 2. The van der Waals surface area contributed by atoms with Gasteiger partial charge in [0, 0.05) is 13.0 Å². The van der Waals surface area contributed by atoms with Gasteiger partial charge in [0.25, 0.3) is 0 Å². The molecule has 0 bridgehead atoms. The fourth-order valence-corrected chi connectivity index (χ4v) is 3.34. The van der Waals surface area contributed by atoms with Crippen molar-refractivity contribution in [1.82, 2.24) is 10.6 Å². The van der Waals surface area contributed by atoms with Crippen LogP contribution in [0.15, 0.2) is 78.9 Å². The standard InChI is InChI=1S/C26H28N2O2/c1-19-13-14-23(17-20(19)2)26(22-11-7-4-8-12-22)28-24(29)15-16-27-25(30)18-21-9-5-3-6-10-21/h3-14,17,26H,15-16,18H2,1-2H3,(H,27,30)(H,28,29)/t26-/m0/s1. The summed E-state index contributed by atoms with van der Waals surface area (Å²) in [4.78, 5) is 24.7. The Hall–Kier alpha value is -3.40. The molecular weight excluding hydrogens is 372 g/mol. The van der Waals surface area contributed by atoms with Crippen molar-refractivity contribution >= 4 is 11.8 Å². The van der Waals surface area contributed by atoms with Crippen molar-refractivity contribution in [3.05, 3.63) is 107 Å². The second kappa shape index (κ2) is 10.4. The summed E-state index contributed by atoms with van der Waals surface area (Å²) in [5.41, 5.74) is 5.44. The number of aryl methyl sites for hydroxylation is 2. The third kappa shape index (κ3) is 6.05. The first-order chi connectivity index (χ1) is 14.5. The van der Waals surface area contributed by atoms with Crippen molar-refractivity contribution in [1.29, 1.82) is 0 Å². The van der Waals surface area contributed by atoms with Gasteiger partial charge in [-0.05, 0) is 41.7 Å². The number of nitrogens with one attached hydrogen (secondary N) is 2. The van der Waals surface area contributed by atoms with Gasteiger partial charge >= 0.3 is 0 Å². The quantitative estimate of drug-likeness (QED) is 0.594. The Morgan fingerprint density at radius 1 is 0.767 bits per heavy atom. The van der Waals surface area contributed by atoms with E-state index in [-0.39, 0.29) is 24.3 Å². The van der Waals surface area contributed by atoms with Crippen LogP contribution in [0.4, 0.5) is 0 Å². The molecule has 3 aromatic carbocycles. The average molecular weight is 401 g/mol. The molecule has 2 amide bonds. The highest BCUT2D eigenvalue weighted by Crippen LogP contribution is 2.24. The highest BCUT2D eigenvalue weighted by molar-refractivity contribution is 5.80. The normalized spacial score (nSPS) is 11.5. The minimum atomic E-state index is -0.224. The Kier molecular flexibility index (Phi) is 7.39. The maximum Gasteiger partial charge on any atom is 0.224 e. The van der Waals surface area contributed by atoms with Gasteiger partial charge in [-0.1, -0.05) is 78.9 Å². The summed E-state index contributed by atoms with van der Waals surface area (Å²) >= 11 is 0. The van der Waals surface area contributed by atoms with Crippen LogP contribution >= 0.6 is 0 Å². The summed E-state index contributed by atoms with van der Waals surface area (Å²) in [6.07, 6.45) is 0.548. The molecule has 0 heterocycles. The average Bonchev–Trinajstić information content (AvgIpc) is 2.75. The molecule has 0 radical (unpaired) electrons. The topological polar surface area (TPSA) is 58.2 Å². The van der Waals surface area contributed by atoms with Gasteiger partial charge in [0.15, 0.2) is 0 Å². The Labute approximate surface area is 178 Å². The number of amides is 2. The number of hydrogen-bond acceptors (Lipinski definition) is 2. The third-order valence-corrected chi connectivity index (χ3v) is 5.18. The Morgan fingerprint density at radius 2 is 1.43 bits per heavy atom. The number of benzene rings is 3. The number of rotatable bonds is 8. The van der Waals surface area contributed by atoms with E-state index in [4.69, 9.17) is 0 Å². The zero-order chi connectivity index (χ0) is 21.3. The molecule has 3 rings (SSSR count). The lowest BCUT2D eigenvalue weighted by Gasteiger charge is -2.21. The van der Waals surface area contributed by atoms with Crippen molar-refractivity contribution in [2.45, 2.75) is 32.7 Å². The van der Waals surface area contributed by atoms with Crippen molar-refractivity contribution in [2.75, 3.05) is 6.54 Å². The van der Waals surface area contributed by atoms with Crippen LogP contribution in [0.3, 0.4) is 0 Å².